The maximum Gasteiger partial charge on any atom is 0.225 e. The van der Waals surface area contributed by atoms with Gasteiger partial charge in [0, 0.05) is 44.3 Å². The predicted octanol–water partition coefficient (Wildman–Crippen LogP) is 0.437. The number of likely N-dealkylation sites (tertiary alicyclic amines) is 2. The molecular weight excluding hydrogens is 254 g/mol. The van der Waals surface area contributed by atoms with Crippen LogP contribution in [0.4, 0.5) is 0 Å². The lowest BCUT2D eigenvalue weighted by Gasteiger charge is -2.39. The third kappa shape index (κ3) is 3.15. The molecule has 3 heterocycles. The summed E-state index contributed by atoms with van der Waals surface area (Å²) < 4.78 is 5.43. The summed E-state index contributed by atoms with van der Waals surface area (Å²) in [5.41, 5.74) is 5.90. The van der Waals surface area contributed by atoms with Crippen LogP contribution in [0, 0.1) is 5.92 Å². The molecule has 3 aliphatic heterocycles. The molecule has 1 amide bonds. The van der Waals surface area contributed by atoms with E-state index in [1.54, 1.807) is 0 Å². The largest absolute Gasteiger partial charge is 0.381 e. The fourth-order valence-electron chi connectivity index (χ4n) is 3.81. The molecule has 20 heavy (non-hydrogen) atoms. The first-order chi connectivity index (χ1) is 9.74. The summed E-state index contributed by atoms with van der Waals surface area (Å²) in [6.45, 7) is 5.56. The van der Waals surface area contributed by atoms with Crippen molar-refractivity contribution in [1.29, 1.82) is 0 Å². The first-order valence-corrected chi connectivity index (χ1v) is 8.10. The maximum atomic E-state index is 12.5. The standard InChI is InChI=1S/C15H27N3O2/c16-13-3-8-18(11-13)15(19)12-1-6-17(7-2-12)14-4-9-20-10-5-14/h12-14H,1-11,16H2/t13-/m0/s1. The van der Waals surface area contributed by atoms with Gasteiger partial charge in [0.05, 0.1) is 0 Å². The Bertz CT molecular complexity index is 336. The van der Waals surface area contributed by atoms with Gasteiger partial charge in [-0.05, 0) is 45.2 Å². The molecule has 3 saturated heterocycles. The molecule has 0 bridgehead atoms. The Balaban J connectivity index is 1.47. The summed E-state index contributed by atoms with van der Waals surface area (Å²) in [5.74, 6) is 0.584. The van der Waals surface area contributed by atoms with E-state index in [-0.39, 0.29) is 12.0 Å². The monoisotopic (exact) mass is 281 g/mol. The molecule has 0 saturated carbocycles. The van der Waals surface area contributed by atoms with E-state index in [1.165, 1.54) is 0 Å². The van der Waals surface area contributed by atoms with Gasteiger partial charge in [0.15, 0.2) is 0 Å². The van der Waals surface area contributed by atoms with Crippen LogP contribution in [0.3, 0.4) is 0 Å². The highest BCUT2D eigenvalue weighted by molar-refractivity contribution is 5.79. The van der Waals surface area contributed by atoms with Gasteiger partial charge in [-0.15, -0.1) is 0 Å². The van der Waals surface area contributed by atoms with Gasteiger partial charge in [0.1, 0.15) is 0 Å². The molecule has 5 heteroatoms. The number of nitrogens with two attached hydrogens (primary N) is 1. The molecule has 2 N–H and O–H groups in total. The summed E-state index contributed by atoms with van der Waals surface area (Å²) in [6, 6.07) is 0.876. The smallest absolute Gasteiger partial charge is 0.225 e. The topological polar surface area (TPSA) is 58.8 Å². The van der Waals surface area contributed by atoms with E-state index in [1.807, 2.05) is 4.90 Å². The number of amides is 1. The Morgan fingerprint density at radius 2 is 1.70 bits per heavy atom. The van der Waals surface area contributed by atoms with Gasteiger partial charge in [0.2, 0.25) is 5.91 Å². The van der Waals surface area contributed by atoms with Gasteiger partial charge in [-0.2, -0.15) is 0 Å². The summed E-state index contributed by atoms with van der Waals surface area (Å²) in [6.07, 6.45) is 5.30. The van der Waals surface area contributed by atoms with Crippen molar-refractivity contribution in [1.82, 2.24) is 9.80 Å². The summed E-state index contributed by atoms with van der Waals surface area (Å²) in [4.78, 5) is 17.0. The highest BCUT2D eigenvalue weighted by Gasteiger charge is 2.33. The van der Waals surface area contributed by atoms with E-state index in [0.717, 1.165) is 71.5 Å². The lowest BCUT2D eigenvalue weighted by atomic mass is 9.93. The molecule has 1 atom stereocenters. The molecule has 0 aromatic heterocycles. The van der Waals surface area contributed by atoms with Crippen molar-refractivity contribution in [3.05, 3.63) is 0 Å². The third-order valence-corrected chi connectivity index (χ3v) is 5.12. The van der Waals surface area contributed by atoms with Crippen LogP contribution in [0.2, 0.25) is 0 Å². The third-order valence-electron chi connectivity index (χ3n) is 5.12. The molecule has 114 valence electrons. The van der Waals surface area contributed by atoms with Crippen molar-refractivity contribution in [2.75, 3.05) is 39.4 Å². The van der Waals surface area contributed by atoms with Crippen LogP contribution in [0.1, 0.15) is 32.1 Å². The lowest BCUT2D eigenvalue weighted by Crippen LogP contribution is -2.47. The maximum absolute atomic E-state index is 12.5. The fourth-order valence-corrected chi connectivity index (χ4v) is 3.81. The number of carbonyl (C=O) groups is 1. The zero-order valence-electron chi connectivity index (χ0n) is 12.3. The minimum Gasteiger partial charge on any atom is -0.381 e. The van der Waals surface area contributed by atoms with Crippen LogP contribution in [0.25, 0.3) is 0 Å². The number of hydrogen-bond acceptors (Lipinski definition) is 4. The molecular formula is C15H27N3O2. The van der Waals surface area contributed by atoms with Gasteiger partial charge in [-0.25, -0.2) is 0 Å². The second kappa shape index (κ2) is 6.41. The van der Waals surface area contributed by atoms with Gasteiger partial charge >= 0.3 is 0 Å². The van der Waals surface area contributed by atoms with Gasteiger partial charge in [0.25, 0.3) is 0 Å². The van der Waals surface area contributed by atoms with E-state index in [0.29, 0.717) is 11.9 Å². The van der Waals surface area contributed by atoms with Crippen molar-refractivity contribution in [2.45, 2.75) is 44.2 Å². The number of hydrogen-bond donors (Lipinski definition) is 1. The van der Waals surface area contributed by atoms with E-state index >= 15 is 0 Å². The van der Waals surface area contributed by atoms with E-state index in [4.69, 9.17) is 10.5 Å². The highest BCUT2D eigenvalue weighted by Crippen LogP contribution is 2.25. The Hall–Kier alpha value is -0.650. The van der Waals surface area contributed by atoms with Gasteiger partial charge < -0.3 is 20.3 Å². The molecule has 0 spiro atoms. The minimum atomic E-state index is 0.196. The molecule has 0 unspecified atom stereocenters. The molecule has 0 radical (unpaired) electrons. The summed E-state index contributed by atoms with van der Waals surface area (Å²) >= 11 is 0. The molecule has 3 rings (SSSR count). The summed E-state index contributed by atoms with van der Waals surface area (Å²) in [5, 5.41) is 0. The average molecular weight is 281 g/mol. The number of rotatable bonds is 2. The molecule has 3 aliphatic rings. The summed E-state index contributed by atoms with van der Waals surface area (Å²) in [7, 11) is 0. The second-order valence-electron chi connectivity index (χ2n) is 6.49. The number of ether oxygens (including phenoxy) is 1. The zero-order valence-corrected chi connectivity index (χ0v) is 12.3. The van der Waals surface area contributed by atoms with Crippen LogP contribution in [-0.4, -0.2) is 67.2 Å². The Morgan fingerprint density at radius 1 is 1.00 bits per heavy atom. The van der Waals surface area contributed by atoms with Crippen LogP contribution in [0.15, 0.2) is 0 Å². The molecule has 0 aliphatic carbocycles. The molecule has 3 fully saturated rings. The number of carbonyl (C=O) groups excluding carboxylic acids is 1. The first kappa shape index (κ1) is 14.3. The van der Waals surface area contributed by atoms with Gasteiger partial charge in [-0.3, -0.25) is 4.79 Å². The fraction of sp³-hybridized carbons (Fsp3) is 0.933. The molecule has 0 aromatic rings. The van der Waals surface area contributed by atoms with Crippen molar-refractivity contribution in [3.63, 3.8) is 0 Å². The van der Waals surface area contributed by atoms with E-state index in [2.05, 4.69) is 4.90 Å². The van der Waals surface area contributed by atoms with E-state index < -0.39 is 0 Å². The minimum absolute atomic E-state index is 0.196. The molecule has 0 aromatic carbocycles. The number of nitrogens with zero attached hydrogens (tertiary/aromatic N) is 2. The average Bonchev–Trinajstić information content (AvgIpc) is 2.94. The van der Waals surface area contributed by atoms with Crippen molar-refractivity contribution >= 4 is 5.91 Å². The predicted molar refractivity (Wildman–Crippen MR) is 77.3 cm³/mol. The van der Waals surface area contributed by atoms with Crippen molar-refractivity contribution in [3.8, 4) is 0 Å². The quantitative estimate of drug-likeness (QED) is 0.798. The highest BCUT2D eigenvalue weighted by atomic mass is 16.5. The Labute approximate surface area is 121 Å². The SMILES string of the molecule is N[C@H]1CCN(C(=O)C2CCN(C3CCOCC3)CC2)C1. The number of piperidine rings is 1. The van der Waals surface area contributed by atoms with Crippen molar-refractivity contribution in [2.24, 2.45) is 11.7 Å². The second-order valence-corrected chi connectivity index (χ2v) is 6.49. The van der Waals surface area contributed by atoms with Crippen molar-refractivity contribution < 1.29 is 9.53 Å². The Kier molecular flexibility index (Phi) is 4.58. The van der Waals surface area contributed by atoms with Crippen LogP contribution in [-0.2, 0) is 9.53 Å². The lowest BCUT2D eigenvalue weighted by molar-refractivity contribution is -0.136. The first-order valence-electron chi connectivity index (χ1n) is 8.10. The van der Waals surface area contributed by atoms with Crippen LogP contribution in [0.5, 0.6) is 0 Å². The zero-order chi connectivity index (χ0) is 13.9. The van der Waals surface area contributed by atoms with Crippen LogP contribution < -0.4 is 5.73 Å². The van der Waals surface area contributed by atoms with E-state index in [9.17, 15) is 4.79 Å². The molecule has 5 nitrogen and oxygen atoms in total. The van der Waals surface area contributed by atoms with Gasteiger partial charge in [-0.1, -0.05) is 0 Å². The van der Waals surface area contributed by atoms with Crippen LogP contribution >= 0.6 is 0 Å². The Morgan fingerprint density at radius 3 is 2.30 bits per heavy atom. The normalized spacial score (nSPS) is 30.9.